The molecule has 0 saturated heterocycles. The first-order valence-corrected chi connectivity index (χ1v) is 14.6. The second-order valence-corrected chi connectivity index (χ2v) is 13.4. The summed E-state index contributed by atoms with van der Waals surface area (Å²) in [6, 6.07) is 9.05. The smallest absolute Gasteiger partial charge is 0.317 e. The topological polar surface area (TPSA) is 63.3 Å². The van der Waals surface area contributed by atoms with Crippen LogP contribution in [0.4, 0.5) is 0 Å². The van der Waals surface area contributed by atoms with Gasteiger partial charge >= 0.3 is 91.1 Å². The molecule has 0 saturated carbocycles. The van der Waals surface area contributed by atoms with Crippen molar-refractivity contribution in [3.63, 3.8) is 0 Å². The Morgan fingerprint density at radius 1 is 1.12 bits per heavy atom. The first-order chi connectivity index (χ1) is 7.90. The Bertz CT molecular complexity index is 327. The monoisotopic (exact) mass is 361 g/mol. The number of hydrogen-bond acceptors (Lipinski definition) is 2. The number of carboxylic acids is 1. The maximum Gasteiger partial charge on any atom is 0.317 e. The third kappa shape index (κ3) is 6.93. The zero-order valence-electron chi connectivity index (χ0n) is 10.8. The van der Waals surface area contributed by atoms with Gasteiger partial charge in [-0.1, -0.05) is 0 Å². The zero-order chi connectivity index (χ0) is 13.4. The summed E-state index contributed by atoms with van der Waals surface area (Å²) in [6.07, 6.45) is 0. The molecule has 1 aromatic carbocycles. The van der Waals surface area contributed by atoms with Gasteiger partial charge in [-0.05, 0) is 0 Å². The van der Waals surface area contributed by atoms with Crippen molar-refractivity contribution in [1.29, 1.82) is 0 Å². The molecule has 0 unspecified atom stereocenters. The van der Waals surface area contributed by atoms with Crippen LogP contribution in [0, 0.1) is 0 Å². The Labute approximate surface area is 113 Å². The molecule has 0 spiro atoms. The average Bonchev–Trinajstić information content (AvgIpc) is 2.29. The molecule has 0 radical (unpaired) electrons. The van der Waals surface area contributed by atoms with E-state index in [4.69, 9.17) is 5.11 Å². The van der Waals surface area contributed by atoms with Crippen molar-refractivity contribution < 1.29 is 9.90 Å². The fourth-order valence-corrected chi connectivity index (χ4v) is 9.43. The molecule has 3 N–H and O–H groups in total. The van der Waals surface area contributed by atoms with Crippen LogP contribution in [-0.4, -0.2) is 46.9 Å². The molecule has 0 bridgehead atoms. The van der Waals surface area contributed by atoms with Crippen LogP contribution in [0.2, 0.25) is 22.8 Å². The minimum absolute atomic E-state index is 0.278. The molecule has 0 atom stereocenters. The van der Waals surface area contributed by atoms with Crippen LogP contribution in [0.25, 0.3) is 0 Å². The first kappa shape index (κ1) is 16.8. The minimum atomic E-state index is -0.968. The molecule has 0 fully saturated rings. The van der Waals surface area contributed by atoms with Gasteiger partial charge in [0.2, 0.25) is 0 Å². The van der Waals surface area contributed by atoms with E-state index in [1.165, 1.54) is 0 Å². The summed E-state index contributed by atoms with van der Waals surface area (Å²) in [7, 11) is 0. The van der Waals surface area contributed by atoms with Crippen molar-refractivity contribution in [2.24, 2.45) is 5.73 Å². The van der Waals surface area contributed by atoms with E-state index in [9.17, 15) is 4.79 Å². The van der Waals surface area contributed by atoms with Crippen LogP contribution >= 0.6 is 0 Å². The molecule has 5 heteroatoms. The summed E-state index contributed by atoms with van der Waals surface area (Å²) in [5, 5.41) is 7.60. The fourth-order valence-electron chi connectivity index (χ4n) is 1.22. The Morgan fingerprint density at radius 2 is 1.41 bits per heavy atom. The maximum absolute atomic E-state index is 9.24. The second-order valence-electron chi connectivity index (χ2n) is 3.88. The summed E-state index contributed by atoms with van der Waals surface area (Å²) in [6.45, 7) is -0.278. The van der Waals surface area contributed by atoms with E-state index in [2.05, 4.69) is 52.8 Å². The van der Waals surface area contributed by atoms with E-state index in [0.717, 1.165) is 0 Å². The van der Waals surface area contributed by atoms with Crippen LogP contribution < -0.4 is 14.4 Å². The van der Waals surface area contributed by atoms with Crippen molar-refractivity contribution in [3.05, 3.63) is 24.3 Å². The summed E-state index contributed by atoms with van der Waals surface area (Å²) in [5.74, 6) is -0.968. The first-order valence-electron chi connectivity index (χ1n) is 5.25. The summed E-state index contributed by atoms with van der Waals surface area (Å²) >= 11 is -1.30. The summed E-state index contributed by atoms with van der Waals surface area (Å²) in [4.78, 5) is 9.24. The molecule has 1 aromatic rings. The Kier molecular flexibility index (Phi) is 8.68. The van der Waals surface area contributed by atoms with Crippen molar-refractivity contribution in [3.8, 4) is 0 Å². The van der Waals surface area contributed by atoms with E-state index < -0.39 is 35.3 Å². The second kappa shape index (κ2) is 8.80. The summed E-state index contributed by atoms with van der Waals surface area (Å²) in [5.41, 5.74) is 14.3. The Balaban J connectivity index is 0.000000437. The van der Waals surface area contributed by atoms with E-state index >= 15 is 0 Å². The molecule has 0 heterocycles. The maximum atomic E-state index is 9.24. The molecule has 17 heavy (non-hydrogen) atoms. The Hall–Kier alpha value is -0.233. The number of nitrogens with two attached hydrogens (primary N) is 1. The largest absolute Gasteiger partial charge is 0.480 e. The number of rotatable bonds is 3. The number of aliphatic carboxylic acids is 1. The van der Waals surface area contributed by atoms with E-state index in [0.29, 0.717) is 0 Å². The quantitative estimate of drug-likeness (QED) is 0.777. The normalized spacial score (nSPS) is 10.1. The molecule has 0 aliphatic heterocycles. The molecular weight excluding hydrogens is 340 g/mol. The summed E-state index contributed by atoms with van der Waals surface area (Å²) < 4.78 is 3.41. The van der Waals surface area contributed by atoms with Crippen molar-refractivity contribution >= 4 is 44.0 Å². The standard InChI is InChI=1S/C10H16As2.C2H5NO2/c1-11(2)9-7-5-6-8-10(9)12(3)4;3-1-2(4)5/h5-8H,1-4H3;1,3H2,(H,4,5). The number of hydrogen-bond donors (Lipinski definition) is 2. The van der Waals surface area contributed by atoms with Crippen molar-refractivity contribution in [2.75, 3.05) is 6.54 Å². The van der Waals surface area contributed by atoms with Crippen LogP contribution in [0.1, 0.15) is 0 Å². The van der Waals surface area contributed by atoms with Gasteiger partial charge in [0.25, 0.3) is 0 Å². The molecule has 1 rings (SSSR count). The van der Waals surface area contributed by atoms with Gasteiger partial charge in [0.1, 0.15) is 0 Å². The zero-order valence-corrected chi connectivity index (χ0v) is 14.6. The number of carbonyl (C=O) groups is 1. The van der Waals surface area contributed by atoms with Gasteiger partial charge in [0, 0.05) is 0 Å². The van der Waals surface area contributed by atoms with Crippen LogP contribution in [0.5, 0.6) is 0 Å². The molecular formula is C12H21As2NO2. The van der Waals surface area contributed by atoms with Crippen LogP contribution in [0.3, 0.4) is 0 Å². The van der Waals surface area contributed by atoms with Gasteiger partial charge in [0.05, 0.1) is 6.54 Å². The molecule has 0 aromatic heterocycles. The third-order valence-corrected chi connectivity index (χ3v) is 8.53. The molecule has 3 nitrogen and oxygen atoms in total. The molecule has 96 valence electrons. The molecule has 0 amide bonds. The van der Waals surface area contributed by atoms with Gasteiger partial charge in [-0.3, -0.25) is 4.79 Å². The van der Waals surface area contributed by atoms with E-state index in [1.807, 2.05) is 0 Å². The minimum Gasteiger partial charge on any atom is -0.480 e. The van der Waals surface area contributed by atoms with Crippen LogP contribution in [-0.2, 0) is 4.79 Å². The van der Waals surface area contributed by atoms with Gasteiger partial charge in [-0.15, -0.1) is 0 Å². The predicted molar refractivity (Wildman–Crippen MR) is 77.4 cm³/mol. The van der Waals surface area contributed by atoms with Crippen molar-refractivity contribution in [2.45, 2.75) is 22.8 Å². The van der Waals surface area contributed by atoms with E-state index in [1.54, 1.807) is 8.70 Å². The fraction of sp³-hybridized carbons (Fsp3) is 0.417. The predicted octanol–water partition coefficient (Wildman–Crippen LogP) is 0.639. The van der Waals surface area contributed by atoms with Crippen LogP contribution in [0.15, 0.2) is 24.3 Å². The number of benzene rings is 1. The number of carboxylic acid groups (broad SMARTS) is 1. The van der Waals surface area contributed by atoms with Gasteiger partial charge in [-0.25, -0.2) is 0 Å². The molecule has 0 aliphatic rings. The van der Waals surface area contributed by atoms with E-state index in [-0.39, 0.29) is 6.54 Å². The van der Waals surface area contributed by atoms with Gasteiger partial charge in [0.15, 0.2) is 0 Å². The average molecular weight is 361 g/mol. The van der Waals surface area contributed by atoms with Crippen molar-refractivity contribution in [1.82, 2.24) is 0 Å². The van der Waals surface area contributed by atoms with Gasteiger partial charge in [-0.2, -0.15) is 0 Å². The van der Waals surface area contributed by atoms with Gasteiger partial charge < -0.3 is 10.8 Å². The SMILES string of the molecule is C[As](C)c1ccccc1[As](C)C.NCC(=O)O. The third-order valence-electron chi connectivity index (χ3n) is 2.02. The molecule has 0 aliphatic carbocycles. The Morgan fingerprint density at radius 3 is 1.59 bits per heavy atom.